The molecule has 3 heteroatoms. The fourth-order valence-electron chi connectivity index (χ4n) is 1.49. The summed E-state index contributed by atoms with van der Waals surface area (Å²) < 4.78 is 6.34. The Morgan fingerprint density at radius 3 is 2.63 bits per heavy atom. The number of rotatable bonds is 2. The Labute approximate surface area is 120 Å². The normalized spacial score (nSPS) is 9.05. The molecule has 0 aromatic heterocycles. The molecule has 92 valence electrons. The van der Waals surface area contributed by atoms with Crippen LogP contribution in [0.3, 0.4) is 0 Å². The second-order valence-electron chi connectivity index (χ2n) is 3.71. The van der Waals surface area contributed by atoms with Crippen LogP contribution in [0.5, 0.6) is 5.75 Å². The molecule has 0 heterocycles. The maximum atomic E-state index is 8.99. The summed E-state index contributed by atoms with van der Waals surface area (Å²) in [4.78, 5) is 0. The predicted molar refractivity (Wildman–Crippen MR) is 77.7 cm³/mol. The first-order valence-corrected chi connectivity index (χ1v) is 6.45. The third-order valence-corrected chi connectivity index (χ3v) is 2.86. The topological polar surface area (TPSA) is 33.0 Å². The van der Waals surface area contributed by atoms with E-state index in [4.69, 9.17) is 10.00 Å². The second-order valence-corrected chi connectivity index (χ2v) is 4.62. The Kier molecular flexibility index (Phi) is 4.61. The number of hydrogen-bond donors (Lipinski definition) is 0. The molecule has 2 rings (SSSR count). The summed E-state index contributed by atoms with van der Waals surface area (Å²) in [5, 5.41) is 8.99. The molecule has 2 aromatic rings. The van der Waals surface area contributed by atoms with Crippen LogP contribution in [-0.2, 0) is 0 Å². The third kappa shape index (κ3) is 3.88. The van der Waals surface area contributed by atoms with Gasteiger partial charge in [-0.3, -0.25) is 0 Å². The van der Waals surface area contributed by atoms with Gasteiger partial charge in [0.2, 0.25) is 0 Å². The number of halogens is 1. The quantitative estimate of drug-likeness (QED) is 0.791. The van der Waals surface area contributed by atoms with Crippen molar-refractivity contribution in [3.05, 3.63) is 64.1 Å². The number of nitrogens with zero attached hydrogens (tertiary/aromatic N) is 1. The van der Waals surface area contributed by atoms with Crippen LogP contribution in [0, 0.1) is 23.2 Å². The first-order valence-electron chi connectivity index (χ1n) is 5.66. The van der Waals surface area contributed by atoms with E-state index in [2.05, 4.69) is 33.8 Å². The van der Waals surface area contributed by atoms with E-state index in [-0.39, 0.29) is 6.61 Å². The number of hydrogen-bond acceptors (Lipinski definition) is 2. The minimum atomic E-state index is 0.255. The van der Waals surface area contributed by atoms with E-state index in [1.54, 1.807) is 12.1 Å². The Hall–Kier alpha value is -2.23. The van der Waals surface area contributed by atoms with Gasteiger partial charge in [0.1, 0.15) is 18.4 Å². The van der Waals surface area contributed by atoms with Crippen molar-refractivity contribution in [2.45, 2.75) is 0 Å². The molecule has 0 aliphatic carbocycles. The van der Waals surface area contributed by atoms with Crippen molar-refractivity contribution in [2.24, 2.45) is 0 Å². The second kappa shape index (κ2) is 6.64. The van der Waals surface area contributed by atoms with E-state index in [1.807, 2.05) is 36.4 Å². The standard InChI is InChI=1S/C16H10BrNO/c17-15-8-9-16(14(11-15)12-18)19-10-4-7-13-5-2-1-3-6-13/h1-3,5-6,8-9,11H,10H2. The molecule has 0 atom stereocenters. The molecule has 0 fully saturated rings. The molecule has 0 amide bonds. The van der Waals surface area contributed by atoms with Crippen LogP contribution >= 0.6 is 15.9 Å². The van der Waals surface area contributed by atoms with Crippen molar-refractivity contribution in [2.75, 3.05) is 6.61 Å². The molecule has 0 radical (unpaired) electrons. The van der Waals surface area contributed by atoms with Crippen LogP contribution in [0.1, 0.15) is 11.1 Å². The van der Waals surface area contributed by atoms with Gasteiger partial charge in [0.05, 0.1) is 5.56 Å². The molecule has 2 aromatic carbocycles. The minimum absolute atomic E-state index is 0.255. The zero-order valence-electron chi connectivity index (χ0n) is 10.1. The van der Waals surface area contributed by atoms with Crippen molar-refractivity contribution in [3.8, 4) is 23.7 Å². The predicted octanol–water partition coefficient (Wildman–Crippen LogP) is 3.75. The third-order valence-electron chi connectivity index (χ3n) is 2.37. The summed E-state index contributed by atoms with van der Waals surface area (Å²) in [7, 11) is 0. The zero-order valence-corrected chi connectivity index (χ0v) is 11.6. The minimum Gasteiger partial charge on any atom is -0.480 e. The lowest BCUT2D eigenvalue weighted by molar-refractivity contribution is 0.369. The van der Waals surface area contributed by atoms with E-state index in [1.165, 1.54) is 0 Å². The highest BCUT2D eigenvalue weighted by Gasteiger charge is 2.02. The van der Waals surface area contributed by atoms with Gasteiger partial charge >= 0.3 is 0 Å². The monoisotopic (exact) mass is 311 g/mol. The van der Waals surface area contributed by atoms with Crippen molar-refractivity contribution < 1.29 is 4.74 Å². The molecule has 0 unspecified atom stereocenters. The molecule has 0 saturated heterocycles. The highest BCUT2D eigenvalue weighted by atomic mass is 79.9. The van der Waals surface area contributed by atoms with Crippen molar-refractivity contribution in [1.82, 2.24) is 0 Å². The molecular formula is C16H10BrNO. The largest absolute Gasteiger partial charge is 0.480 e. The molecular weight excluding hydrogens is 302 g/mol. The van der Waals surface area contributed by atoms with Gasteiger partial charge in [-0.1, -0.05) is 46.0 Å². The fourth-order valence-corrected chi connectivity index (χ4v) is 1.85. The fraction of sp³-hybridized carbons (Fsp3) is 0.0625. The van der Waals surface area contributed by atoms with Crippen LogP contribution in [0.25, 0.3) is 0 Å². The average molecular weight is 312 g/mol. The summed E-state index contributed by atoms with van der Waals surface area (Å²) in [6, 6.07) is 17.1. The van der Waals surface area contributed by atoms with E-state index in [0.29, 0.717) is 11.3 Å². The van der Waals surface area contributed by atoms with Crippen LogP contribution in [0.2, 0.25) is 0 Å². The highest BCUT2D eigenvalue weighted by molar-refractivity contribution is 9.10. The molecule has 0 bridgehead atoms. The smallest absolute Gasteiger partial charge is 0.149 e. The van der Waals surface area contributed by atoms with Crippen LogP contribution < -0.4 is 4.74 Å². The Bertz CT molecular complexity index is 663. The molecule has 2 nitrogen and oxygen atoms in total. The SMILES string of the molecule is N#Cc1cc(Br)ccc1OCC#Cc1ccccc1. The van der Waals surface area contributed by atoms with Gasteiger partial charge in [0, 0.05) is 10.0 Å². The first-order chi connectivity index (χ1) is 9.29. The van der Waals surface area contributed by atoms with Crippen molar-refractivity contribution in [3.63, 3.8) is 0 Å². The number of nitriles is 1. The van der Waals surface area contributed by atoms with Gasteiger partial charge in [-0.15, -0.1) is 0 Å². The van der Waals surface area contributed by atoms with Crippen LogP contribution in [0.15, 0.2) is 53.0 Å². The van der Waals surface area contributed by atoms with Gasteiger partial charge < -0.3 is 4.74 Å². The maximum absolute atomic E-state index is 8.99. The lowest BCUT2D eigenvalue weighted by Crippen LogP contribution is -1.96. The highest BCUT2D eigenvalue weighted by Crippen LogP contribution is 2.22. The molecule has 0 spiro atoms. The summed E-state index contributed by atoms with van der Waals surface area (Å²) in [6.07, 6.45) is 0. The van der Waals surface area contributed by atoms with Gasteiger partial charge in [-0.2, -0.15) is 5.26 Å². The van der Waals surface area contributed by atoms with Crippen molar-refractivity contribution in [1.29, 1.82) is 5.26 Å². The van der Waals surface area contributed by atoms with E-state index in [0.717, 1.165) is 10.0 Å². The van der Waals surface area contributed by atoms with Gasteiger partial charge in [0.15, 0.2) is 0 Å². The van der Waals surface area contributed by atoms with E-state index < -0.39 is 0 Å². The first kappa shape index (κ1) is 13.2. The summed E-state index contributed by atoms with van der Waals surface area (Å²) in [6.45, 7) is 0.255. The Morgan fingerprint density at radius 1 is 1.11 bits per heavy atom. The van der Waals surface area contributed by atoms with Crippen LogP contribution in [-0.4, -0.2) is 6.61 Å². The Balaban J connectivity index is 2.01. The molecule has 0 N–H and O–H groups in total. The summed E-state index contributed by atoms with van der Waals surface area (Å²) >= 11 is 3.31. The number of benzene rings is 2. The van der Waals surface area contributed by atoms with Gasteiger partial charge in [-0.25, -0.2) is 0 Å². The zero-order chi connectivity index (χ0) is 13.5. The lowest BCUT2D eigenvalue weighted by atomic mass is 10.2. The van der Waals surface area contributed by atoms with Gasteiger partial charge in [0.25, 0.3) is 0 Å². The number of ether oxygens (including phenoxy) is 1. The Morgan fingerprint density at radius 2 is 1.89 bits per heavy atom. The maximum Gasteiger partial charge on any atom is 0.149 e. The lowest BCUT2D eigenvalue weighted by Gasteiger charge is -2.04. The van der Waals surface area contributed by atoms with E-state index in [9.17, 15) is 0 Å². The molecule has 0 aliphatic rings. The molecule has 0 aliphatic heterocycles. The van der Waals surface area contributed by atoms with Crippen LogP contribution in [0.4, 0.5) is 0 Å². The molecule has 19 heavy (non-hydrogen) atoms. The van der Waals surface area contributed by atoms with E-state index >= 15 is 0 Å². The van der Waals surface area contributed by atoms with Gasteiger partial charge in [-0.05, 0) is 30.3 Å². The van der Waals surface area contributed by atoms with Crippen molar-refractivity contribution >= 4 is 15.9 Å². The summed E-state index contributed by atoms with van der Waals surface area (Å²) in [5.41, 5.74) is 1.44. The molecule has 0 saturated carbocycles. The average Bonchev–Trinajstić information content (AvgIpc) is 2.46. The summed E-state index contributed by atoms with van der Waals surface area (Å²) in [5.74, 6) is 6.47.